The summed E-state index contributed by atoms with van der Waals surface area (Å²) in [5.41, 5.74) is 2.15. The molecule has 1 aromatic carbocycles. The lowest BCUT2D eigenvalue weighted by Crippen LogP contribution is -1.99. The number of aromatic nitrogens is 4. The molecule has 8 heteroatoms. The van der Waals surface area contributed by atoms with Crippen molar-refractivity contribution < 1.29 is 13.9 Å². The minimum Gasteiger partial charge on any atom is -0.463 e. The van der Waals surface area contributed by atoms with Gasteiger partial charge in [0, 0.05) is 28.7 Å². The van der Waals surface area contributed by atoms with E-state index in [2.05, 4.69) is 36.6 Å². The Morgan fingerprint density at radius 2 is 2.14 bits per heavy atom. The van der Waals surface area contributed by atoms with Crippen LogP contribution in [0.2, 0.25) is 0 Å². The molecular weight excluding hydrogens is 376 g/mol. The van der Waals surface area contributed by atoms with Gasteiger partial charge in [-0.3, -0.25) is 4.57 Å². The molecule has 0 amide bonds. The fraction of sp³-hybridized carbons (Fsp3) is 0.250. The first kappa shape index (κ1) is 17.1. The zero-order valence-electron chi connectivity index (χ0n) is 15.2. The third-order valence-corrected chi connectivity index (χ3v) is 5.76. The lowest BCUT2D eigenvalue weighted by atomic mass is 10.1. The number of para-hydroxylation sites is 1. The number of ether oxygens (including phenoxy) is 1. The maximum Gasteiger partial charge on any atom is 0.373 e. The fourth-order valence-electron chi connectivity index (χ4n) is 3.28. The largest absolute Gasteiger partial charge is 0.463 e. The number of benzene rings is 1. The van der Waals surface area contributed by atoms with Crippen LogP contribution in [-0.4, -0.2) is 32.8 Å². The summed E-state index contributed by atoms with van der Waals surface area (Å²) in [7, 11) is 1.34. The molecule has 5 rings (SSSR count). The molecular formula is C20H18N4O3S. The number of carbonyl (C=O) groups excluding carboxylic acids is 1. The zero-order chi connectivity index (χ0) is 19.1. The molecule has 7 nitrogen and oxygen atoms in total. The average molecular weight is 394 g/mol. The van der Waals surface area contributed by atoms with Crippen LogP contribution in [0, 0.1) is 0 Å². The molecule has 0 radical (unpaired) electrons. The minimum absolute atomic E-state index is 0.209. The third kappa shape index (κ3) is 2.99. The Labute approximate surface area is 165 Å². The van der Waals surface area contributed by atoms with Crippen molar-refractivity contribution >= 4 is 28.6 Å². The van der Waals surface area contributed by atoms with E-state index in [1.54, 1.807) is 23.9 Å². The third-order valence-electron chi connectivity index (χ3n) is 4.80. The summed E-state index contributed by atoms with van der Waals surface area (Å²) in [6, 6.07) is 12.1. The van der Waals surface area contributed by atoms with Crippen LogP contribution in [0.5, 0.6) is 0 Å². The number of aromatic amines is 1. The van der Waals surface area contributed by atoms with Crippen LogP contribution in [0.15, 0.2) is 52.2 Å². The van der Waals surface area contributed by atoms with Crippen molar-refractivity contribution in [1.82, 2.24) is 19.7 Å². The van der Waals surface area contributed by atoms with Gasteiger partial charge in [0.25, 0.3) is 0 Å². The van der Waals surface area contributed by atoms with Crippen molar-refractivity contribution in [3.63, 3.8) is 0 Å². The molecule has 0 unspecified atom stereocenters. The van der Waals surface area contributed by atoms with Crippen LogP contribution < -0.4 is 0 Å². The number of methoxy groups -OCH3 is 1. The summed E-state index contributed by atoms with van der Waals surface area (Å²) in [4.78, 5) is 14.9. The number of fused-ring (bicyclic) bond motifs is 1. The fourth-order valence-corrected chi connectivity index (χ4v) is 4.18. The Morgan fingerprint density at radius 1 is 1.29 bits per heavy atom. The second-order valence-corrected chi connectivity index (χ2v) is 7.64. The number of hydrogen-bond donors (Lipinski definition) is 1. The number of nitrogens with one attached hydrogen (secondary N) is 1. The van der Waals surface area contributed by atoms with Gasteiger partial charge in [-0.05, 0) is 31.0 Å². The molecule has 4 aromatic rings. The van der Waals surface area contributed by atoms with Gasteiger partial charge in [0.15, 0.2) is 11.0 Å². The van der Waals surface area contributed by atoms with Gasteiger partial charge >= 0.3 is 5.97 Å². The standard InChI is InChI=1S/C20H18N4O3S/c1-26-19(25)17-9-8-13(27-17)11-28-20-23-22-18(24(20)12-6-7-12)15-10-21-16-5-3-2-4-14(15)16/h2-5,8-10,12,21H,6-7,11H2,1H3. The second kappa shape index (κ2) is 6.87. The molecule has 0 spiro atoms. The number of esters is 1. The molecule has 1 aliphatic carbocycles. The lowest BCUT2D eigenvalue weighted by Gasteiger charge is -2.07. The van der Waals surface area contributed by atoms with Gasteiger partial charge in [-0.1, -0.05) is 30.0 Å². The molecule has 3 aromatic heterocycles. The molecule has 1 fully saturated rings. The maximum atomic E-state index is 11.5. The predicted octanol–water partition coefficient (Wildman–Crippen LogP) is 4.43. The number of thioether (sulfide) groups is 1. The van der Waals surface area contributed by atoms with Crippen molar-refractivity contribution in [1.29, 1.82) is 0 Å². The highest BCUT2D eigenvalue weighted by atomic mass is 32.2. The topological polar surface area (TPSA) is 85.9 Å². The summed E-state index contributed by atoms with van der Waals surface area (Å²) in [6.45, 7) is 0. The van der Waals surface area contributed by atoms with E-state index < -0.39 is 5.97 Å². The van der Waals surface area contributed by atoms with E-state index in [0.717, 1.165) is 40.3 Å². The highest BCUT2D eigenvalue weighted by molar-refractivity contribution is 7.98. The Morgan fingerprint density at radius 3 is 2.96 bits per heavy atom. The molecule has 1 saturated carbocycles. The maximum absolute atomic E-state index is 11.5. The highest BCUT2D eigenvalue weighted by Crippen LogP contribution is 2.42. The van der Waals surface area contributed by atoms with Gasteiger partial charge in [0.05, 0.1) is 12.9 Å². The summed E-state index contributed by atoms with van der Waals surface area (Å²) in [5.74, 6) is 1.89. The van der Waals surface area contributed by atoms with Crippen LogP contribution in [-0.2, 0) is 10.5 Å². The van der Waals surface area contributed by atoms with Gasteiger partial charge in [0.1, 0.15) is 5.76 Å². The predicted molar refractivity (Wildman–Crippen MR) is 105 cm³/mol. The summed E-state index contributed by atoms with van der Waals surface area (Å²) >= 11 is 1.56. The number of H-pyrrole nitrogens is 1. The molecule has 3 heterocycles. The number of furan rings is 1. The van der Waals surface area contributed by atoms with Crippen molar-refractivity contribution in [2.75, 3.05) is 7.11 Å². The van der Waals surface area contributed by atoms with Crippen LogP contribution in [0.1, 0.15) is 35.2 Å². The van der Waals surface area contributed by atoms with E-state index in [9.17, 15) is 4.79 Å². The van der Waals surface area contributed by atoms with Crippen molar-refractivity contribution in [2.24, 2.45) is 0 Å². The lowest BCUT2D eigenvalue weighted by molar-refractivity contribution is 0.0563. The Balaban J connectivity index is 1.43. The first-order chi connectivity index (χ1) is 13.7. The van der Waals surface area contributed by atoms with Gasteiger partial charge in [-0.2, -0.15) is 0 Å². The summed E-state index contributed by atoms with van der Waals surface area (Å²) in [6.07, 6.45) is 4.26. The molecule has 0 atom stereocenters. The molecule has 142 valence electrons. The van der Waals surface area contributed by atoms with E-state index >= 15 is 0 Å². The molecule has 28 heavy (non-hydrogen) atoms. The Hall–Kier alpha value is -3.00. The van der Waals surface area contributed by atoms with Crippen molar-refractivity contribution in [2.45, 2.75) is 29.8 Å². The van der Waals surface area contributed by atoms with E-state index in [0.29, 0.717) is 17.6 Å². The average Bonchev–Trinajstić information content (AvgIpc) is 3.14. The Bertz CT molecular complexity index is 1160. The van der Waals surface area contributed by atoms with Crippen molar-refractivity contribution in [3.8, 4) is 11.4 Å². The zero-order valence-corrected chi connectivity index (χ0v) is 16.0. The smallest absolute Gasteiger partial charge is 0.373 e. The normalized spacial score (nSPS) is 13.9. The van der Waals surface area contributed by atoms with E-state index in [1.807, 2.05) is 18.3 Å². The number of hydrogen-bond acceptors (Lipinski definition) is 6. The van der Waals surface area contributed by atoms with Crippen LogP contribution in [0.25, 0.3) is 22.3 Å². The quantitative estimate of drug-likeness (QED) is 0.384. The SMILES string of the molecule is COC(=O)c1ccc(CSc2nnc(-c3c[nH]c4ccccc34)n2C2CC2)o1. The van der Waals surface area contributed by atoms with Crippen LogP contribution in [0.3, 0.4) is 0 Å². The monoisotopic (exact) mass is 394 g/mol. The van der Waals surface area contributed by atoms with Crippen LogP contribution >= 0.6 is 11.8 Å². The highest BCUT2D eigenvalue weighted by Gasteiger charge is 2.31. The number of rotatable bonds is 6. The van der Waals surface area contributed by atoms with Crippen molar-refractivity contribution in [3.05, 3.63) is 54.1 Å². The summed E-state index contributed by atoms with van der Waals surface area (Å²) < 4.78 is 12.5. The Kier molecular flexibility index (Phi) is 4.20. The molecule has 0 aliphatic heterocycles. The van der Waals surface area contributed by atoms with E-state index in [1.165, 1.54) is 7.11 Å². The molecule has 0 bridgehead atoms. The molecule has 0 saturated heterocycles. The second-order valence-electron chi connectivity index (χ2n) is 6.70. The minimum atomic E-state index is -0.473. The van der Waals surface area contributed by atoms with Gasteiger partial charge in [0.2, 0.25) is 5.76 Å². The molecule has 1 aliphatic rings. The van der Waals surface area contributed by atoms with Gasteiger partial charge in [-0.25, -0.2) is 4.79 Å². The molecule has 1 N–H and O–H groups in total. The van der Waals surface area contributed by atoms with E-state index in [4.69, 9.17) is 4.42 Å². The number of nitrogens with zero attached hydrogens (tertiary/aromatic N) is 3. The first-order valence-corrected chi connectivity index (χ1v) is 10.0. The van der Waals surface area contributed by atoms with Gasteiger partial charge in [-0.15, -0.1) is 10.2 Å². The summed E-state index contributed by atoms with van der Waals surface area (Å²) in [5, 5.41) is 10.9. The van der Waals surface area contributed by atoms with Crippen LogP contribution in [0.4, 0.5) is 0 Å². The number of carbonyl (C=O) groups is 1. The van der Waals surface area contributed by atoms with Gasteiger partial charge < -0.3 is 14.1 Å². The first-order valence-electron chi connectivity index (χ1n) is 9.06. The van der Waals surface area contributed by atoms with E-state index in [-0.39, 0.29) is 5.76 Å².